The maximum atomic E-state index is 13.5. The van der Waals surface area contributed by atoms with Gasteiger partial charge in [-0.25, -0.2) is 13.1 Å². The molecule has 57 heavy (non-hydrogen) atoms. The molecule has 1 aromatic rings. The number of aliphatic hydroxyl groups is 1. The number of amides is 1. The third-order valence-electron chi connectivity index (χ3n) is 14.6. The Morgan fingerprint density at radius 2 is 1.88 bits per heavy atom. The second-order valence-corrected chi connectivity index (χ2v) is 23.3. The van der Waals surface area contributed by atoms with Crippen molar-refractivity contribution in [2.75, 3.05) is 62.3 Å². The number of piperazine rings is 1. The predicted molar refractivity (Wildman–Crippen MR) is 236 cm³/mol. The second-order valence-electron chi connectivity index (χ2n) is 18.2. The first kappa shape index (κ1) is 42.0. The summed E-state index contributed by atoms with van der Waals surface area (Å²) < 4.78 is 35.9. The highest BCUT2D eigenvalue weighted by molar-refractivity contribution is 8.17. The van der Waals surface area contributed by atoms with E-state index >= 15 is 0 Å². The molecule has 0 radical (unpaired) electrons. The number of piperidine rings is 1. The first-order chi connectivity index (χ1) is 27.5. The second kappa shape index (κ2) is 17.7. The van der Waals surface area contributed by atoms with E-state index in [0.29, 0.717) is 30.3 Å². The van der Waals surface area contributed by atoms with Gasteiger partial charge < -0.3 is 20.1 Å². The average Bonchev–Trinajstić information content (AvgIpc) is 3.35. The standard InChI is InChI=1S/C36H47ClN2O5S3.C8H16N2/c1-23-6-3-15-36(41,34-45-16-5-17-46-34)30-11-8-27(30)20-39-21-35(14-4-7-25-18-28(37)10-12-29(25)35)22-44-32-13-9-26(19-31(32)39)33(40)38-47(42,43)24(23)2;1-2-5-10-6-4-9-7-8(10)3-1/h3,9-10,12-13,15,18-19,23-25,27,29-30,34,41H,4-8,11,14,16-17,20-22H2,1-2H3,(H,38,40);8-9H,1-7H2/b15-3+;/t23-,24+,25?,27-,29?,30+,35-,36+;8-/m01/s1. The highest BCUT2D eigenvalue weighted by Crippen LogP contribution is 2.54. The fraction of sp³-hybridized carbons (Fsp3) is 0.705. The summed E-state index contributed by atoms with van der Waals surface area (Å²) in [6.07, 6.45) is 21.6. The number of hydrogen-bond donors (Lipinski definition) is 3. The molecule has 1 spiro atoms. The van der Waals surface area contributed by atoms with Crippen LogP contribution in [0.3, 0.4) is 0 Å². The lowest BCUT2D eigenvalue weighted by Crippen LogP contribution is -2.56. The Labute approximate surface area is 354 Å². The molecule has 9 atom stereocenters. The SMILES string of the molecule is C1CCN2CCNC[C@H]2C1.C[C@@H]1[C@@H](C)C/C=C/[C@](O)(C2SCCCS2)[C@@H]2CC[C@H]2CN2C[C@@]3(CCCC4C=C(Cl)C=CC43)COc3ccc(cc32)C(=O)NS1(=O)=O. The minimum absolute atomic E-state index is 0.0376. The van der Waals surface area contributed by atoms with Crippen LogP contribution >= 0.6 is 35.1 Å². The summed E-state index contributed by atoms with van der Waals surface area (Å²) in [6, 6.07) is 6.20. The first-order valence-electron chi connectivity index (χ1n) is 21.7. The van der Waals surface area contributed by atoms with Crippen LogP contribution in [0.2, 0.25) is 0 Å². The molecule has 9 rings (SSSR count). The molecule has 3 N–H and O–H groups in total. The van der Waals surface area contributed by atoms with E-state index in [0.717, 1.165) is 79.9 Å². The molecule has 8 aliphatic rings. The van der Waals surface area contributed by atoms with E-state index in [1.807, 2.05) is 60.8 Å². The van der Waals surface area contributed by atoms with Crippen LogP contribution < -0.4 is 19.7 Å². The molecule has 0 aromatic heterocycles. The Bertz CT molecular complexity index is 1800. The molecule has 314 valence electrons. The van der Waals surface area contributed by atoms with E-state index in [9.17, 15) is 18.3 Å². The number of ether oxygens (including phenoxy) is 1. The Kier molecular flexibility index (Phi) is 13.1. The van der Waals surface area contributed by atoms with Gasteiger partial charge in [-0.05, 0) is 130 Å². The van der Waals surface area contributed by atoms with Crippen LogP contribution in [-0.4, -0.2) is 103 Å². The van der Waals surface area contributed by atoms with Crippen LogP contribution in [0.1, 0.15) is 88.4 Å². The van der Waals surface area contributed by atoms with Crippen molar-refractivity contribution in [3.05, 3.63) is 59.2 Å². The smallest absolute Gasteiger partial charge is 0.264 e. The molecule has 2 bridgehead atoms. The molecule has 9 nitrogen and oxygen atoms in total. The largest absolute Gasteiger partial charge is 0.491 e. The first-order valence-corrected chi connectivity index (χ1v) is 25.7. The van der Waals surface area contributed by atoms with Crippen LogP contribution in [0, 0.1) is 35.0 Å². The molecular weight excluding hydrogens is 796 g/mol. The molecule has 5 aliphatic heterocycles. The van der Waals surface area contributed by atoms with Gasteiger partial charge in [0.1, 0.15) is 11.4 Å². The number of carbonyl (C=O) groups is 1. The van der Waals surface area contributed by atoms with Gasteiger partial charge in [-0.2, -0.15) is 0 Å². The molecule has 1 aromatic carbocycles. The zero-order valence-corrected chi connectivity index (χ0v) is 37.0. The molecule has 5 fully saturated rings. The number of fused-ring (bicyclic) bond motifs is 5. The lowest BCUT2D eigenvalue weighted by Gasteiger charge is -2.52. The van der Waals surface area contributed by atoms with E-state index < -0.39 is 26.8 Å². The van der Waals surface area contributed by atoms with Gasteiger partial charge in [0.05, 0.1) is 22.1 Å². The van der Waals surface area contributed by atoms with E-state index in [-0.39, 0.29) is 33.7 Å². The number of sulfonamides is 1. The normalized spacial score (nSPS) is 38.9. The molecule has 2 saturated carbocycles. The van der Waals surface area contributed by atoms with E-state index in [4.69, 9.17) is 16.3 Å². The van der Waals surface area contributed by atoms with Crippen molar-refractivity contribution in [3.63, 3.8) is 0 Å². The van der Waals surface area contributed by atoms with Crippen LogP contribution in [0.4, 0.5) is 5.69 Å². The maximum absolute atomic E-state index is 13.5. The average molecular weight is 860 g/mol. The quantitative estimate of drug-likeness (QED) is 0.247. The summed E-state index contributed by atoms with van der Waals surface area (Å²) in [6.45, 7) is 10.7. The summed E-state index contributed by atoms with van der Waals surface area (Å²) in [5, 5.41) is 16.1. The van der Waals surface area contributed by atoms with Gasteiger partial charge in [0.15, 0.2) is 0 Å². The lowest BCUT2D eigenvalue weighted by atomic mass is 9.60. The third kappa shape index (κ3) is 8.89. The number of nitrogens with zero attached hydrogens (tertiary/aromatic N) is 2. The number of anilines is 1. The van der Waals surface area contributed by atoms with Gasteiger partial charge in [-0.3, -0.25) is 9.69 Å². The minimum Gasteiger partial charge on any atom is -0.491 e. The predicted octanol–water partition coefficient (Wildman–Crippen LogP) is 7.42. The van der Waals surface area contributed by atoms with Crippen molar-refractivity contribution in [2.45, 2.75) is 99.5 Å². The number of carbonyl (C=O) groups excluding carboxylic acids is 1. The van der Waals surface area contributed by atoms with Gasteiger partial charge in [0.25, 0.3) is 5.91 Å². The van der Waals surface area contributed by atoms with E-state index in [1.54, 1.807) is 13.0 Å². The number of thioether (sulfide) groups is 2. The van der Waals surface area contributed by atoms with Gasteiger partial charge in [-0.1, -0.05) is 55.7 Å². The topological polar surface area (TPSA) is 111 Å². The van der Waals surface area contributed by atoms with Crippen LogP contribution in [0.25, 0.3) is 0 Å². The Balaban J connectivity index is 0.000000394. The molecule has 13 heteroatoms. The van der Waals surface area contributed by atoms with Crippen LogP contribution in [0.5, 0.6) is 5.75 Å². The van der Waals surface area contributed by atoms with Gasteiger partial charge in [-0.15, -0.1) is 23.5 Å². The zero-order chi connectivity index (χ0) is 39.8. The van der Waals surface area contributed by atoms with E-state index in [1.165, 1.54) is 45.4 Å². The van der Waals surface area contributed by atoms with Gasteiger partial charge in [0.2, 0.25) is 10.0 Å². The Hall–Kier alpha value is -1.67. The fourth-order valence-electron chi connectivity index (χ4n) is 10.9. The summed E-state index contributed by atoms with van der Waals surface area (Å²) in [7, 11) is -3.95. The van der Waals surface area contributed by atoms with Crippen molar-refractivity contribution < 1.29 is 23.1 Å². The van der Waals surface area contributed by atoms with Crippen LogP contribution in [-0.2, 0) is 10.0 Å². The van der Waals surface area contributed by atoms with Crippen molar-refractivity contribution >= 4 is 56.7 Å². The Morgan fingerprint density at radius 1 is 1.04 bits per heavy atom. The summed E-state index contributed by atoms with van der Waals surface area (Å²) in [5.41, 5.74) is -0.0359. The molecule has 2 unspecified atom stereocenters. The highest BCUT2D eigenvalue weighted by atomic mass is 35.5. The van der Waals surface area contributed by atoms with Crippen molar-refractivity contribution in [1.29, 1.82) is 0 Å². The minimum atomic E-state index is -3.95. The molecule has 3 aliphatic carbocycles. The summed E-state index contributed by atoms with van der Waals surface area (Å²) >= 11 is 10.2. The summed E-state index contributed by atoms with van der Waals surface area (Å²) in [5.74, 6) is 2.87. The monoisotopic (exact) mass is 858 g/mol. The number of hydrogen-bond acceptors (Lipinski definition) is 10. The van der Waals surface area contributed by atoms with Gasteiger partial charge in [0, 0.05) is 54.8 Å². The Morgan fingerprint density at radius 3 is 2.67 bits per heavy atom. The number of nitrogens with one attached hydrogen (secondary N) is 2. The lowest BCUT2D eigenvalue weighted by molar-refractivity contribution is -0.0342. The van der Waals surface area contributed by atoms with E-state index in [2.05, 4.69) is 32.0 Å². The number of allylic oxidation sites excluding steroid dienone is 5. The van der Waals surface area contributed by atoms with Crippen LogP contribution in [0.15, 0.2) is 53.6 Å². The summed E-state index contributed by atoms with van der Waals surface area (Å²) in [4.78, 5) is 18.6. The van der Waals surface area contributed by atoms with Gasteiger partial charge >= 0.3 is 0 Å². The molecular formula is C44H63ClN4O5S3. The third-order valence-corrected chi connectivity index (χ3v) is 20.0. The van der Waals surface area contributed by atoms with Crippen molar-refractivity contribution in [3.8, 4) is 5.75 Å². The van der Waals surface area contributed by atoms with Crippen molar-refractivity contribution in [1.82, 2.24) is 14.9 Å². The maximum Gasteiger partial charge on any atom is 0.264 e. The highest BCUT2D eigenvalue weighted by Gasteiger charge is 2.53. The van der Waals surface area contributed by atoms with Crippen molar-refractivity contribution in [2.24, 2.45) is 35.0 Å². The number of rotatable bonds is 1. The fourth-order valence-corrected chi connectivity index (χ4v) is 15.6. The molecule has 1 amide bonds. The number of halogens is 1. The number of benzene rings is 1. The zero-order valence-electron chi connectivity index (χ0n) is 33.7. The molecule has 5 heterocycles. The molecule has 3 saturated heterocycles.